The molecule has 3 rings (SSSR count). The fraction of sp³-hybridized carbons (Fsp3) is 0.417. The number of rotatable bonds is 10. The van der Waals surface area contributed by atoms with Crippen LogP contribution in [0.25, 0.3) is 0 Å². The van der Waals surface area contributed by atoms with Gasteiger partial charge in [0.15, 0.2) is 12.6 Å². The maximum absolute atomic E-state index is 10.9. The van der Waals surface area contributed by atoms with Gasteiger partial charge in [0.1, 0.15) is 17.6 Å². The van der Waals surface area contributed by atoms with E-state index in [1.807, 2.05) is 25.1 Å². The minimum Gasteiger partial charge on any atom is -0.488 e. The van der Waals surface area contributed by atoms with Gasteiger partial charge < -0.3 is 30.6 Å². The largest absolute Gasteiger partial charge is 0.488 e. The first-order chi connectivity index (χ1) is 15.5. The van der Waals surface area contributed by atoms with E-state index in [0.717, 1.165) is 42.0 Å². The van der Waals surface area contributed by atoms with Crippen molar-refractivity contribution in [2.24, 2.45) is 10.7 Å². The van der Waals surface area contributed by atoms with E-state index in [-0.39, 0.29) is 36.7 Å². The van der Waals surface area contributed by atoms with Gasteiger partial charge in [0.25, 0.3) is 5.91 Å². The predicted molar refractivity (Wildman–Crippen MR) is 139 cm³/mol. The highest BCUT2D eigenvalue weighted by molar-refractivity contribution is 14.0. The van der Waals surface area contributed by atoms with Crippen LogP contribution in [0.2, 0.25) is 0 Å². The van der Waals surface area contributed by atoms with Crippen LogP contribution in [0.3, 0.4) is 0 Å². The number of carbonyl (C=O) groups excluding carboxylic acids is 1. The highest BCUT2D eigenvalue weighted by Crippen LogP contribution is 2.24. The van der Waals surface area contributed by atoms with E-state index in [9.17, 15) is 4.79 Å². The number of nitrogens with one attached hydrogen (secondary N) is 2. The zero-order valence-electron chi connectivity index (χ0n) is 19.1. The van der Waals surface area contributed by atoms with Crippen molar-refractivity contribution in [2.75, 3.05) is 26.4 Å². The number of primary amides is 1. The van der Waals surface area contributed by atoms with E-state index in [2.05, 4.69) is 40.7 Å². The van der Waals surface area contributed by atoms with Gasteiger partial charge in [-0.3, -0.25) is 4.79 Å². The first-order valence-corrected chi connectivity index (χ1v) is 10.9. The molecule has 1 aliphatic heterocycles. The summed E-state index contributed by atoms with van der Waals surface area (Å²) in [6.07, 6.45) is 1.01. The van der Waals surface area contributed by atoms with Crippen molar-refractivity contribution in [3.05, 3.63) is 59.2 Å². The molecule has 0 spiro atoms. The highest BCUT2D eigenvalue weighted by atomic mass is 127. The molecule has 1 fully saturated rings. The maximum Gasteiger partial charge on any atom is 0.255 e. The summed E-state index contributed by atoms with van der Waals surface area (Å²) in [5.41, 5.74) is 8.32. The Morgan fingerprint density at radius 3 is 2.82 bits per heavy atom. The number of aryl methyl sites for hydroxylation is 1. The molecule has 9 heteroatoms. The van der Waals surface area contributed by atoms with Gasteiger partial charge in [-0.15, -0.1) is 24.0 Å². The van der Waals surface area contributed by atoms with Crippen LogP contribution in [0.5, 0.6) is 11.5 Å². The number of amides is 1. The molecule has 1 amide bonds. The quantitative estimate of drug-likeness (QED) is 0.231. The summed E-state index contributed by atoms with van der Waals surface area (Å²) in [6, 6.07) is 13.7. The molecule has 33 heavy (non-hydrogen) atoms. The van der Waals surface area contributed by atoms with Crippen molar-refractivity contribution in [3.63, 3.8) is 0 Å². The molecule has 4 N–H and O–H groups in total. The van der Waals surface area contributed by atoms with Gasteiger partial charge >= 0.3 is 0 Å². The summed E-state index contributed by atoms with van der Waals surface area (Å²) in [4.78, 5) is 15.6. The highest BCUT2D eigenvalue weighted by Gasteiger charge is 2.18. The van der Waals surface area contributed by atoms with Crippen LogP contribution in [0.15, 0.2) is 47.5 Å². The predicted octanol–water partition coefficient (Wildman–Crippen LogP) is 2.90. The van der Waals surface area contributed by atoms with E-state index in [1.54, 1.807) is 6.07 Å². The number of hydrogen-bond donors (Lipinski definition) is 3. The van der Waals surface area contributed by atoms with Crippen molar-refractivity contribution >= 4 is 35.8 Å². The number of nitrogens with two attached hydrogens (primary N) is 1. The lowest BCUT2D eigenvalue weighted by atomic mass is 10.1. The Morgan fingerprint density at radius 1 is 1.24 bits per heavy atom. The van der Waals surface area contributed by atoms with Crippen molar-refractivity contribution in [2.45, 2.75) is 39.5 Å². The molecular formula is C24H33IN4O4. The molecule has 180 valence electrons. The van der Waals surface area contributed by atoms with Gasteiger partial charge in [-0.2, -0.15) is 0 Å². The van der Waals surface area contributed by atoms with Crippen LogP contribution in [0.1, 0.15) is 30.0 Å². The maximum atomic E-state index is 10.9. The van der Waals surface area contributed by atoms with Crippen LogP contribution >= 0.6 is 24.0 Å². The number of nitrogens with zero attached hydrogens (tertiary/aromatic N) is 1. The normalized spacial score (nSPS) is 15.5. The van der Waals surface area contributed by atoms with E-state index >= 15 is 0 Å². The van der Waals surface area contributed by atoms with Gasteiger partial charge in [-0.1, -0.05) is 24.3 Å². The topological polar surface area (TPSA) is 107 Å². The van der Waals surface area contributed by atoms with Crippen molar-refractivity contribution in [1.82, 2.24) is 10.6 Å². The summed E-state index contributed by atoms with van der Waals surface area (Å²) in [6.45, 7) is 7.09. The molecule has 1 aliphatic rings. The second-order valence-electron chi connectivity index (χ2n) is 7.67. The summed E-state index contributed by atoms with van der Waals surface area (Å²) in [7, 11) is 0. The molecule has 0 bridgehead atoms. The lowest BCUT2D eigenvalue weighted by Gasteiger charge is -2.18. The van der Waals surface area contributed by atoms with Gasteiger partial charge in [0.2, 0.25) is 0 Å². The van der Waals surface area contributed by atoms with E-state index < -0.39 is 5.91 Å². The standard InChI is InChI=1S/C24H32N4O4.HI/c1-3-26-24(27-13-18-5-4-6-20(12-18)31-16-23(25)29)28-14-19-8-7-17(2)11-22(19)32-21-9-10-30-15-21;/h4-8,11-12,21H,3,9-10,13-16H2,1-2H3,(H2,25,29)(H2,26,27,28);1H. The SMILES string of the molecule is CCNC(=NCc1cccc(OCC(N)=O)c1)NCc1ccc(C)cc1OC1CCOC1.I. The lowest BCUT2D eigenvalue weighted by molar-refractivity contribution is -0.119. The minimum absolute atomic E-state index is 0. The third-order valence-corrected chi connectivity index (χ3v) is 4.89. The van der Waals surface area contributed by atoms with E-state index in [0.29, 0.717) is 31.4 Å². The molecule has 1 unspecified atom stereocenters. The summed E-state index contributed by atoms with van der Waals surface area (Å²) >= 11 is 0. The molecule has 8 nitrogen and oxygen atoms in total. The van der Waals surface area contributed by atoms with Crippen molar-refractivity contribution in [1.29, 1.82) is 0 Å². The number of halogens is 1. The number of aliphatic imine (C=N–C) groups is 1. The second kappa shape index (κ2) is 13.9. The van der Waals surface area contributed by atoms with Crippen LogP contribution in [0, 0.1) is 6.92 Å². The van der Waals surface area contributed by atoms with Crippen molar-refractivity contribution in [3.8, 4) is 11.5 Å². The molecule has 0 aliphatic carbocycles. The van der Waals surface area contributed by atoms with E-state index in [1.165, 1.54) is 0 Å². The van der Waals surface area contributed by atoms with E-state index in [4.69, 9.17) is 19.9 Å². The average Bonchev–Trinajstić information content (AvgIpc) is 3.29. The first-order valence-electron chi connectivity index (χ1n) is 10.9. The van der Waals surface area contributed by atoms with Gasteiger partial charge in [0.05, 0.1) is 19.8 Å². The van der Waals surface area contributed by atoms with Gasteiger partial charge in [0, 0.05) is 25.1 Å². The fourth-order valence-electron chi connectivity index (χ4n) is 3.28. The Labute approximate surface area is 212 Å². The Bertz CT molecular complexity index is 932. The number of benzene rings is 2. The molecule has 0 radical (unpaired) electrons. The average molecular weight is 568 g/mol. The first kappa shape index (κ1) is 26.7. The smallest absolute Gasteiger partial charge is 0.255 e. The molecule has 0 aromatic heterocycles. The number of carbonyl (C=O) groups is 1. The minimum atomic E-state index is -0.507. The summed E-state index contributed by atoms with van der Waals surface area (Å²) < 4.78 is 17.0. The molecule has 2 aromatic rings. The third-order valence-electron chi connectivity index (χ3n) is 4.89. The monoisotopic (exact) mass is 568 g/mol. The Kier molecular flexibility index (Phi) is 11.2. The Hall–Kier alpha value is -2.53. The number of ether oxygens (including phenoxy) is 3. The van der Waals surface area contributed by atoms with Crippen LogP contribution in [-0.2, 0) is 22.6 Å². The molecule has 1 heterocycles. The van der Waals surface area contributed by atoms with Gasteiger partial charge in [-0.25, -0.2) is 4.99 Å². The van der Waals surface area contributed by atoms with Crippen LogP contribution in [-0.4, -0.2) is 44.3 Å². The molecule has 1 saturated heterocycles. The summed E-state index contributed by atoms with van der Waals surface area (Å²) in [5, 5.41) is 6.65. The second-order valence-corrected chi connectivity index (χ2v) is 7.67. The lowest BCUT2D eigenvalue weighted by Crippen LogP contribution is -2.37. The molecular weight excluding hydrogens is 535 g/mol. The number of hydrogen-bond acceptors (Lipinski definition) is 5. The molecule has 1 atom stereocenters. The Balaban J connectivity index is 0.00000385. The fourth-order valence-corrected chi connectivity index (χ4v) is 3.28. The van der Waals surface area contributed by atoms with Crippen LogP contribution < -0.4 is 25.8 Å². The molecule has 0 saturated carbocycles. The third kappa shape index (κ3) is 9.09. The Morgan fingerprint density at radius 2 is 2.09 bits per heavy atom. The summed E-state index contributed by atoms with van der Waals surface area (Å²) in [5.74, 6) is 1.66. The molecule has 2 aromatic carbocycles. The van der Waals surface area contributed by atoms with Crippen molar-refractivity contribution < 1.29 is 19.0 Å². The van der Waals surface area contributed by atoms with Crippen LogP contribution in [0.4, 0.5) is 0 Å². The zero-order chi connectivity index (χ0) is 22.8. The van der Waals surface area contributed by atoms with Gasteiger partial charge in [-0.05, 0) is 43.2 Å². The number of guanidine groups is 1. The zero-order valence-corrected chi connectivity index (χ0v) is 21.5.